The Hall–Kier alpha value is -2.18. The van der Waals surface area contributed by atoms with E-state index in [1.54, 1.807) is 12.1 Å². The minimum Gasteiger partial charge on any atom is -0.423 e. The van der Waals surface area contributed by atoms with Gasteiger partial charge in [0, 0.05) is 0 Å². The molecule has 0 heterocycles. The summed E-state index contributed by atoms with van der Waals surface area (Å²) in [6.07, 6.45) is 0. The zero-order chi connectivity index (χ0) is 22.1. The van der Waals surface area contributed by atoms with Crippen LogP contribution in [0, 0.1) is 0 Å². The summed E-state index contributed by atoms with van der Waals surface area (Å²) in [4.78, 5) is 12.5. The fraction of sp³-hybridized carbons (Fsp3) is 0.435. The molecule has 0 aliphatic rings. The molecule has 1 N–H and O–H groups in total. The number of benzene rings is 2. The van der Waals surface area contributed by atoms with E-state index in [1.807, 2.05) is 39.8 Å². The lowest BCUT2D eigenvalue weighted by Gasteiger charge is -2.20. The molecule has 0 fully saturated rings. The molecule has 6 heteroatoms. The van der Waals surface area contributed by atoms with Crippen LogP contribution in [0.4, 0.5) is 0 Å². The van der Waals surface area contributed by atoms with E-state index in [-0.39, 0.29) is 27.9 Å². The average Bonchev–Trinajstić information content (AvgIpc) is 2.59. The minimum atomic E-state index is -4.41. The molecule has 158 valence electrons. The number of carbonyl (C=O) groups is 1. The number of ether oxygens (including phenoxy) is 1. The van der Waals surface area contributed by atoms with Crippen LogP contribution in [0.5, 0.6) is 5.75 Å². The molecule has 0 atom stereocenters. The first-order valence-corrected chi connectivity index (χ1v) is 11.1. The van der Waals surface area contributed by atoms with Crippen LogP contribution >= 0.6 is 0 Å². The van der Waals surface area contributed by atoms with Crippen LogP contribution in [-0.4, -0.2) is 18.9 Å². The summed E-state index contributed by atoms with van der Waals surface area (Å²) in [5, 5.41) is 0. The molecule has 29 heavy (non-hydrogen) atoms. The highest BCUT2D eigenvalue weighted by atomic mass is 32.2. The van der Waals surface area contributed by atoms with Gasteiger partial charge in [-0.3, -0.25) is 4.55 Å². The van der Waals surface area contributed by atoms with E-state index in [9.17, 15) is 17.8 Å². The van der Waals surface area contributed by atoms with E-state index in [1.165, 1.54) is 12.1 Å². The summed E-state index contributed by atoms with van der Waals surface area (Å²) in [5.74, 6) is -0.632. The van der Waals surface area contributed by atoms with Gasteiger partial charge < -0.3 is 4.74 Å². The maximum absolute atomic E-state index is 12.6. The largest absolute Gasteiger partial charge is 0.423 e. The summed E-state index contributed by atoms with van der Waals surface area (Å²) < 4.78 is 39.3. The van der Waals surface area contributed by atoms with Gasteiger partial charge in [-0.05, 0) is 58.2 Å². The van der Waals surface area contributed by atoms with Gasteiger partial charge in [0.15, 0.2) is 0 Å². The second kappa shape index (κ2) is 8.28. The highest BCUT2D eigenvalue weighted by Crippen LogP contribution is 2.35. The van der Waals surface area contributed by atoms with Crippen molar-refractivity contribution < 1.29 is 22.5 Å². The summed E-state index contributed by atoms with van der Waals surface area (Å²) >= 11 is 0. The average molecular weight is 419 g/mol. The van der Waals surface area contributed by atoms with Crippen LogP contribution < -0.4 is 4.74 Å². The predicted molar refractivity (Wildman–Crippen MR) is 115 cm³/mol. The monoisotopic (exact) mass is 418 g/mol. The molecule has 0 aliphatic heterocycles. The second-order valence-electron chi connectivity index (χ2n) is 8.93. The molecular weight excluding hydrogens is 388 g/mol. The van der Waals surface area contributed by atoms with Crippen LogP contribution in [0.1, 0.15) is 87.4 Å². The predicted octanol–water partition coefficient (Wildman–Crippen LogP) is 5.70. The molecule has 0 radical (unpaired) electrons. The minimum absolute atomic E-state index is 0.0214. The molecule has 5 nitrogen and oxygen atoms in total. The van der Waals surface area contributed by atoms with Gasteiger partial charge in [-0.15, -0.1) is 0 Å². The Morgan fingerprint density at radius 2 is 1.38 bits per heavy atom. The maximum Gasteiger partial charge on any atom is 0.343 e. The van der Waals surface area contributed by atoms with E-state index in [0.29, 0.717) is 16.7 Å². The van der Waals surface area contributed by atoms with Crippen LogP contribution in [-0.2, 0) is 15.5 Å². The third kappa shape index (κ3) is 5.46. The summed E-state index contributed by atoms with van der Waals surface area (Å²) in [6, 6.07) is 10.3. The summed E-state index contributed by atoms with van der Waals surface area (Å²) in [5.41, 5.74) is 2.34. The van der Waals surface area contributed by atoms with Crippen molar-refractivity contribution in [2.75, 3.05) is 0 Å². The van der Waals surface area contributed by atoms with Crippen molar-refractivity contribution in [3.8, 4) is 5.75 Å². The van der Waals surface area contributed by atoms with E-state index in [4.69, 9.17) is 4.74 Å². The number of rotatable bonds is 5. The lowest BCUT2D eigenvalue weighted by Crippen LogP contribution is -2.14. The Kier molecular flexibility index (Phi) is 6.60. The molecule has 2 rings (SSSR count). The van der Waals surface area contributed by atoms with Crippen molar-refractivity contribution in [1.29, 1.82) is 0 Å². The summed E-state index contributed by atoms with van der Waals surface area (Å²) in [6.45, 7) is 13.6. The highest BCUT2D eigenvalue weighted by Gasteiger charge is 2.26. The third-order valence-electron chi connectivity index (χ3n) is 4.82. The zero-order valence-electron chi connectivity index (χ0n) is 18.1. The maximum atomic E-state index is 12.6. The fourth-order valence-corrected chi connectivity index (χ4v) is 4.32. The zero-order valence-corrected chi connectivity index (χ0v) is 18.9. The first-order chi connectivity index (χ1) is 13.2. The van der Waals surface area contributed by atoms with Crippen molar-refractivity contribution in [2.45, 2.75) is 70.6 Å². The Labute approximate surface area is 173 Å². The standard InChI is InChI=1S/C23H30O5S/c1-14(2)19-12-18(13-20(15(3)4)21(19)29(25,26)27)28-22(24)16-8-10-17(11-9-16)23(5,6)7/h8-15H,1-7H3,(H,25,26,27). The van der Waals surface area contributed by atoms with Gasteiger partial charge in [0.25, 0.3) is 10.1 Å². The number of hydrogen-bond donors (Lipinski definition) is 1. The molecule has 0 aliphatic carbocycles. The molecule has 0 spiro atoms. The lowest BCUT2D eigenvalue weighted by molar-refractivity contribution is 0.0734. The van der Waals surface area contributed by atoms with Gasteiger partial charge in [-0.1, -0.05) is 60.6 Å². The summed E-state index contributed by atoms with van der Waals surface area (Å²) in [7, 11) is -4.41. The Morgan fingerprint density at radius 1 is 0.931 bits per heavy atom. The first-order valence-electron chi connectivity index (χ1n) is 9.70. The van der Waals surface area contributed by atoms with E-state index >= 15 is 0 Å². The molecule has 2 aromatic rings. The molecule has 0 bridgehead atoms. The normalized spacial score (nSPS) is 12.5. The third-order valence-corrected chi connectivity index (χ3v) is 5.81. The molecule has 0 unspecified atom stereocenters. The van der Waals surface area contributed by atoms with E-state index < -0.39 is 16.1 Å². The van der Waals surface area contributed by atoms with Gasteiger partial charge in [-0.2, -0.15) is 8.42 Å². The SMILES string of the molecule is CC(C)c1cc(OC(=O)c2ccc(C(C)(C)C)cc2)cc(C(C)C)c1S(=O)(=O)O. The van der Waals surface area contributed by atoms with Crippen molar-refractivity contribution >= 4 is 16.1 Å². The quantitative estimate of drug-likeness (QED) is 0.383. The Balaban J connectivity index is 2.46. The van der Waals surface area contributed by atoms with Crippen molar-refractivity contribution in [1.82, 2.24) is 0 Å². The van der Waals surface area contributed by atoms with Crippen LogP contribution in [0.2, 0.25) is 0 Å². The Morgan fingerprint density at radius 3 is 1.72 bits per heavy atom. The molecule has 0 saturated heterocycles. The molecule has 0 aromatic heterocycles. The second-order valence-corrected chi connectivity index (χ2v) is 10.3. The highest BCUT2D eigenvalue weighted by molar-refractivity contribution is 7.86. The molecule has 0 amide bonds. The van der Waals surface area contributed by atoms with Crippen LogP contribution in [0.25, 0.3) is 0 Å². The number of esters is 1. The van der Waals surface area contributed by atoms with E-state index in [2.05, 4.69) is 20.8 Å². The smallest absolute Gasteiger partial charge is 0.343 e. The molecule has 0 saturated carbocycles. The topological polar surface area (TPSA) is 80.7 Å². The van der Waals surface area contributed by atoms with Gasteiger partial charge in [0.2, 0.25) is 0 Å². The first kappa shape index (κ1) is 23.1. The fourth-order valence-electron chi connectivity index (χ4n) is 3.13. The van der Waals surface area contributed by atoms with Crippen LogP contribution in [0.3, 0.4) is 0 Å². The lowest BCUT2D eigenvalue weighted by atomic mass is 9.87. The number of carbonyl (C=O) groups excluding carboxylic acids is 1. The van der Waals surface area contributed by atoms with Crippen molar-refractivity contribution in [3.05, 3.63) is 58.7 Å². The number of hydrogen-bond acceptors (Lipinski definition) is 4. The van der Waals surface area contributed by atoms with Gasteiger partial charge in [0.05, 0.1) is 5.56 Å². The van der Waals surface area contributed by atoms with Crippen molar-refractivity contribution in [2.24, 2.45) is 0 Å². The Bertz CT molecular complexity index is 966. The van der Waals surface area contributed by atoms with Gasteiger partial charge in [-0.25, -0.2) is 4.79 Å². The molecule has 2 aromatic carbocycles. The van der Waals surface area contributed by atoms with Gasteiger partial charge >= 0.3 is 5.97 Å². The van der Waals surface area contributed by atoms with Crippen molar-refractivity contribution in [3.63, 3.8) is 0 Å². The molecular formula is C23H30O5S. The van der Waals surface area contributed by atoms with E-state index in [0.717, 1.165) is 5.56 Å². The van der Waals surface area contributed by atoms with Crippen LogP contribution in [0.15, 0.2) is 41.3 Å². The van der Waals surface area contributed by atoms with Gasteiger partial charge in [0.1, 0.15) is 10.6 Å².